The second-order valence-electron chi connectivity index (χ2n) is 6.68. The maximum Gasteiger partial charge on any atom is 0.241 e. The molecule has 0 heterocycles. The Balaban J connectivity index is 2.39. The molecular formula is C21H29NO5S. The number of nitrogens with one attached hydrogen (secondary N) is 1. The van der Waals surface area contributed by atoms with Gasteiger partial charge in [-0.25, -0.2) is 13.1 Å². The van der Waals surface area contributed by atoms with Crippen molar-refractivity contribution in [3.05, 3.63) is 46.0 Å². The third kappa shape index (κ3) is 4.42. The predicted molar refractivity (Wildman–Crippen MR) is 110 cm³/mol. The normalized spacial score (nSPS) is 11.4. The number of aryl methyl sites for hydroxylation is 2. The molecule has 0 spiro atoms. The molecule has 1 N–H and O–H groups in total. The molecule has 0 unspecified atom stereocenters. The smallest absolute Gasteiger partial charge is 0.241 e. The van der Waals surface area contributed by atoms with Crippen LogP contribution in [-0.4, -0.2) is 29.2 Å². The topological polar surface area (TPSA) is 73.9 Å². The second kappa shape index (κ2) is 8.84. The average Bonchev–Trinajstić information content (AvgIpc) is 2.65. The van der Waals surface area contributed by atoms with E-state index in [9.17, 15) is 8.42 Å². The minimum atomic E-state index is -3.69. The van der Waals surface area contributed by atoms with E-state index >= 15 is 0 Å². The van der Waals surface area contributed by atoms with Crippen LogP contribution in [0.15, 0.2) is 23.1 Å². The second-order valence-corrected chi connectivity index (χ2v) is 8.38. The Morgan fingerprint density at radius 3 is 1.82 bits per heavy atom. The predicted octanol–water partition coefficient (Wildman–Crippen LogP) is 3.81. The number of ether oxygens (including phenoxy) is 3. The van der Waals surface area contributed by atoms with Gasteiger partial charge < -0.3 is 14.2 Å². The maximum absolute atomic E-state index is 13.0. The van der Waals surface area contributed by atoms with Crippen molar-refractivity contribution in [1.82, 2.24) is 4.72 Å². The molecule has 0 aliphatic rings. The number of hydrogen-bond donors (Lipinski definition) is 1. The maximum atomic E-state index is 13.0. The summed E-state index contributed by atoms with van der Waals surface area (Å²) < 4.78 is 45.1. The average molecular weight is 408 g/mol. The molecule has 2 aromatic rings. The van der Waals surface area contributed by atoms with Gasteiger partial charge in [0, 0.05) is 6.54 Å². The SMILES string of the molecule is CCOc1c(OC)cc(CNS(=O)(=O)c2c(C)c(C)cc(C)c2C)cc1OC. The first-order valence-corrected chi connectivity index (χ1v) is 10.6. The molecule has 2 aromatic carbocycles. The lowest BCUT2D eigenvalue weighted by Crippen LogP contribution is -2.25. The van der Waals surface area contributed by atoms with Crippen molar-refractivity contribution in [2.45, 2.75) is 46.1 Å². The van der Waals surface area contributed by atoms with Gasteiger partial charge in [-0.05, 0) is 74.6 Å². The third-order valence-electron chi connectivity index (χ3n) is 4.84. The highest BCUT2D eigenvalue weighted by molar-refractivity contribution is 7.89. The van der Waals surface area contributed by atoms with Gasteiger partial charge in [0.1, 0.15) is 0 Å². The van der Waals surface area contributed by atoms with E-state index in [0.29, 0.717) is 34.3 Å². The summed E-state index contributed by atoms with van der Waals surface area (Å²) in [4.78, 5) is 0.342. The minimum absolute atomic E-state index is 0.104. The van der Waals surface area contributed by atoms with Crippen LogP contribution < -0.4 is 18.9 Å². The van der Waals surface area contributed by atoms with Crippen LogP contribution in [0.25, 0.3) is 0 Å². The number of rotatable bonds is 8. The molecular weight excluding hydrogens is 378 g/mol. The van der Waals surface area contributed by atoms with Crippen molar-refractivity contribution in [3.8, 4) is 17.2 Å². The molecule has 0 saturated carbocycles. The van der Waals surface area contributed by atoms with E-state index < -0.39 is 10.0 Å². The molecule has 0 aromatic heterocycles. The summed E-state index contributed by atoms with van der Waals surface area (Å²) in [5, 5.41) is 0. The summed E-state index contributed by atoms with van der Waals surface area (Å²) in [6.07, 6.45) is 0. The molecule has 0 fully saturated rings. The molecule has 0 amide bonds. The van der Waals surface area contributed by atoms with E-state index in [-0.39, 0.29) is 6.54 Å². The molecule has 0 aliphatic carbocycles. The fourth-order valence-electron chi connectivity index (χ4n) is 3.16. The van der Waals surface area contributed by atoms with Crippen LogP contribution in [0, 0.1) is 27.7 Å². The third-order valence-corrected chi connectivity index (χ3v) is 6.52. The van der Waals surface area contributed by atoms with Crippen LogP contribution >= 0.6 is 0 Å². The number of hydrogen-bond acceptors (Lipinski definition) is 5. The number of sulfonamides is 1. The monoisotopic (exact) mass is 407 g/mol. The van der Waals surface area contributed by atoms with Gasteiger partial charge in [-0.3, -0.25) is 0 Å². The summed E-state index contributed by atoms with van der Waals surface area (Å²) in [7, 11) is -0.617. The first kappa shape index (κ1) is 22.0. The molecule has 0 atom stereocenters. The first-order chi connectivity index (χ1) is 13.2. The number of methoxy groups -OCH3 is 2. The van der Waals surface area contributed by atoms with Crippen molar-refractivity contribution in [3.63, 3.8) is 0 Å². The molecule has 0 saturated heterocycles. The van der Waals surface area contributed by atoms with Crippen LogP contribution in [0.3, 0.4) is 0 Å². The Labute approximate surface area is 167 Å². The molecule has 0 radical (unpaired) electrons. The summed E-state index contributed by atoms with van der Waals surface area (Å²) in [6, 6.07) is 5.50. The van der Waals surface area contributed by atoms with E-state index in [1.807, 2.05) is 40.7 Å². The zero-order valence-corrected chi connectivity index (χ0v) is 18.4. The Morgan fingerprint density at radius 2 is 1.39 bits per heavy atom. The van der Waals surface area contributed by atoms with Crippen LogP contribution in [-0.2, 0) is 16.6 Å². The van der Waals surface area contributed by atoms with Crippen LogP contribution in [0.5, 0.6) is 17.2 Å². The lowest BCUT2D eigenvalue weighted by atomic mass is 10.0. The fourth-order valence-corrected chi connectivity index (χ4v) is 4.79. The minimum Gasteiger partial charge on any atom is -0.493 e. The zero-order valence-electron chi connectivity index (χ0n) is 17.6. The van der Waals surface area contributed by atoms with E-state index in [1.165, 1.54) is 14.2 Å². The van der Waals surface area contributed by atoms with Crippen molar-refractivity contribution in [2.75, 3.05) is 20.8 Å². The molecule has 0 aliphatic heterocycles. The Hall–Kier alpha value is -2.25. The lowest BCUT2D eigenvalue weighted by Gasteiger charge is -2.18. The van der Waals surface area contributed by atoms with Gasteiger partial charge in [0.2, 0.25) is 15.8 Å². The molecule has 0 bridgehead atoms. The largest absolute Gasteiger partial charge is 0.493 e. The highest BCUT2D eigenvalue weighted by atomic mass is 32.2. The van der Waals surface area contributed by atoms with Gasteiger partial charge in [-0.2, -0.15) is 0 Å². The zero-order chi connectivity index (χ0) is 21.1. The highest BCUT2D eigenvalue weighted by Gasteiger charge is 2.22. The summed E-state index contributed by atoms with van der Waals surface area (Å²) >= 11 is 0. The van der Waals surface area contributed by atoms with E-state index in [4.69, 9.17) is 14.2 Å². The standard InChI is InChI=1S/C21H29NO5S/c1-8-27-20-18(25-6)10-17(11-19(20)26-7)12-22-28(23,24)21-15(4)13(2)9-14(3)16(21)5/h9-11,22H,8,12H2,1-7H3. The van der Waals surface area contributed by atoms with E-state index in [2.05, 4.69) is 4.72 Å². The van der Waals surface area contributed by atoms with Gasteiger partial charge in [0.15, 0.2) is 11.5 Å². The quantitative estimate of drug-likeness (QED) is 0.720. The number of benzene rings is 2. The highest BCUT2D eigenvalue weighted by Crippen LogP contribution is 2.38. The summed E-state index contributed by atoms with van der Waals surface area (Å²) in [6.45, 7) is 9.94. The van der Waals surface area contributed by atoms with Crippen molar-refractivity contribution in [2.24, 2.45) is 0 Å². The Bertz CT molecular complexity index is 916. The van der Waals surface area contributed by atoms with Crippen molar-refractivity contribution in [1.29, 1.82) is 0 Å². The fraction of sp³-hybridized carbons (Fsp3) is 0.429. The van der Waals surface area contributed by atoms with E-state index in [1.54, 1.807) is 12.1 Å². The molecule has 7 heteroatoms. The van der Waals surface area contributed by atoms with E-state index in [0.717, 1.165) is 22.3 Å². The van der Waals surface area contributed by atoms with Gasteiger partial charge in [-0.15, -0.1) is 0 Å². The van der Waals surface area contributed by atoms with Gasteiger partial charge >= 0.3 is 0 Å². The van der Waals surface area contributed by atoms with Gasteiger partial charge in [0.05, 0.1) is 25.7 Å². The molecule has 154 valence electrons. The van der Waals surface area contributed by atoms with Crippen molar-refractivity contribution >= 4 is 10.0 Å². The summed E-state index contributed by atoms with van der Waals surface area (Å²) in [5.74, 6) is 1.49. The molecule has 2 rings (SSSR count). The Morgan fingerprint density at radius 1 is 0.893 bits per heavy atom. The van der Waals surface area contributed by atoms with Gasteiger partial charge in [-0.1, -0.05) is 6.07 Å². The van der Waals surface area contributed by atoms with Crippen LogP contribution in [0.4, 0.5) is 0 Å². The first-order valence-electron chi connectivity index (χ1n) is 9.11. The van der Waals surface area contributed by atoms with Crippen LogP contribution in [0.2, 0.25) is 0 Å². The van der Waals surface area contributed by atoms with Gasteiger partial charge in [0.25, 0.3) is 0 Å². The van der Waals surface area contributed by atoms with Crippen LogP contribution in [0.1, 0.15) is 34.7 Å². The summed E-state index contributed by atoms with van der Waals surface area (Å²) in [5.41, 5.74) is 4.14. The molecule has 28 heavy (non-hydrogen) atoms. The molecule has 6 nitrogen and oxygen atoms in total. The van der Waals surface area contributed by atoms with Crippen molar-refractivity contribution < 1.29 is 22.6 Å². The lowest BCUT2D eigenvalue weighted by molar-refractivity contribution is 0.288. The Kier molecular flexibility index (Phi) is 6.96.